The van der Waals surface area contributed by atoms with Gasteiger partial charge in [-0.05, 0) is 0 Å². The number of anilines is 1. The number of rotatable bonds is 3. The van der Waals surface area contributed by atoms with Crippen LogP contribution in [0.3, 0.4) is 0 Å². The molecule has 3 heterocycles. The van der Waals surface area contributed by atoms with Crippen LogP contribution in [0.15, 0.2) is 12.5 Å². The van der Waals surface area contributed by atoms with Crippen LogP contribution >= 0.6 is 0 Å². The highest BCUT2D eigenvalue weighted by Crippen LogP contribution is 2.18. The molecule has 3 rings (SSSR count). The number of nitrogen functional groups attached to an aromatic ring is 1. The molecule has 0 saturated carbocycles. The van der Waals surface area contributed by atoms with Gasteiger partial charge in [-0.1, -0.05) is 0 Å². The van der Waals surface area contributed by atoms with Crippen molar-refractivity contribution >= 4 is 16.9 Å². The molecule has 0 spiro atoms. The SMILES string of the molecule is Nc1ncnc2c(C[NH+]3C[C@H](CO)[C@@H](O)C3)c[nH]c12. The maximum Gasteiger partial charge on any atom is 0.151 e. The maximum atomic E-state index is 9.81. The quantitative estimate of drug-likeness (QED) is 0.436. The van der Waals surface area contributed by atoms with Crippen molar-refractivity contribution in [1.29, 1.82) is 0 Å². The van der Waals surface area contributed by atoms with Gasteiger partial charge >= 0.3 is 0 Å². The molecule has 0 aromatic carbocycles. The predicted octanol–water partition coefficient (Wildman–Crippen LogP) is -2.09. The molecular formula is C12H18N5O2+. The first-order valence-electron chi connectivity index (χ1n) is 6.38. The molecule has 0 amide bonds. The lowest BCUT2D eigenvalue weighted by Gasteiger charge is -2.11. The Morgan fingerprint density at radius 3 is 3.00 bits per heavy atom. The van der Waals surface area contributed by atoms with Gasteiger partial charge in [0.2, 0.25) is 0 Å². The highest BCUT2D eigenvalue weighted by atomic mass is 16.3. The van der Waals surface area contributed by atoms with Crippen LogP contribution in [0.1, 0.15) is 5.56 Å². The van der Waals surface area contributed by atoms with Crippen LogP contribution in [0.2, 0.25) is 0 Å². The first kappa shape index (κ1) is 12.3. The highest BCUT2D eigenvalue weighted by Gasteiger charge is 2.34. The molecule has 2 aromatic heterocycles. The van der Waals surface area contributed by atoms with Gasteiger partial charge in [-0.25, -0.2) is 9.97 Å². The Labute approximate surface area is 110 Å². The van der Waals surface area contributed by atoms with Crippen LogP contribution in [-0.4, -0.2) is 51.0 Å². The summed E-state index contributed by atoms with van der Waals surface area (Å²) < 4.78 is 0. The smallest absolute Gasteiger partial charge is 0.151 e. The van der Waals surface area contributed by atoms with E-state index in [0.29, 0.717) is 12.4 Å². The molecule has 7 heteroatoms. The summed E-state index contributed by atoms with van der Waals surface area (Å²) in [6.45, 7) is 2.21. The molecule has 7 nitrogen and oxygen atoms in total. The van der Waals surface area contributed by atoms with Crippen LogP contribution in [0, 0.1) is 5.92 Å². The first-order chi connectivity index (χ1) is 9.19. The van der Waals surface area contributed by atoms with E-state index in [0.717, 1.165) is 29.7 Å². The van der Waals surface area contributed by atoms with E-state index in [1.807, 2.05) is 6.20 Å². The Morgan fingerprint density at radius 1 is 1.42 bits per heavy atom. The number of aromatic nitrogens is 3. The fourth-order valence-corrected chi connectivity index (χ4v) is 2.80. The fraction of sp³-hybridized carbons (Fsp3) is 0.500. The van der Waals surface area contributed by atoms with Crippen LogP contribution in [-0.2, 0) is 6.54 Å². The van der Waals surface area contributed by atoms with Crippen LogP contribution in [0.25, 0.3) is 11.0 Å². The number of hydrogen-bond donors (Lipinski definition) is 5. The molecule has 0 bridgehead atoms. The number of nitrogens with one attached hydrogen (secondary N) is 2. The number of nitrogens with two attached hydrogens (primary N) is 1. The van der Waals surface area contributed by atoms with Gasteiger partial charge in [-0.15, -0.1) is 0 Å². The summed E-state index contributed by atoms with van der Waals surface area (Å²) in [6.07, 6.45) is 2.92. The third-order valence-corrected chi connectivity index (χ3v) is 3.84. The molecule has 1 saturated heterocycles. The Bertz CT molecular complexity index is 585. The number of aliphatic hydroxyl groups is 2. The minimum Gasteiger partial charge on any atom is -0.396 e. The lowest BCUT2D eigenvalue weighted by molar-refractivity contribution is -0.904. The van der Waals surface area contributed by atoms with Gasteiger partial charge in [0.15, 0.2) is 5.82 Å². The van der Waals surface area contributed by atoms with E-state index in [1.165, 1.54) is 11.2 Å². The topological polar surface area (TPSA) is 112 Å². The molecule has 1 aliphatic heterocycles. The lowest BCUT2D eigenvalue weighted by Crippen LogP contribution is -3.09. The summed E-state index contributed by atoms with van der Waals surface area (Å²) in [4.78, 5) is 12.5. The number of hydrogen-bond acceptors (Lipinski definition) is 5. The van der Waals surface area contributed by atoms with Gasteiger partial charge in [0.1, 0.15) is 36.6 Å². The number of likely N-dealkylation sites (tertiary alicyclic amines) is 1. The van der Waals surface area contributed by atoms with Crippen molar-refractivity contribution in [3.8, 4) is 0 Å². The average molecular weight is 264 g/mol. The van der Waals surface area contributed by atoms with E-state index in [9.17, 15) is 10.2 Å². The zero-order chi connectivity index (χ0) is 13.4. The molecule has 1 aliphatic rings. The van der Waals surface area contributed by atoms with Crippen molar-refractivity contribution in [3.63, 3.8) is 0 Å². The summed E-state index contributed by atoms with van der Waals surface area (Å²) in [6, 6.07) is 0. The molecule has 102 valence electrons. The monoisotopic (exact) mass is 264 g/mol. The van der Waals surface area contributed by atoms with Crippen molar-refractivity contribution in [2.24, 2.45) is 5.92 Å². The van der Waals surface area contributed by atoms with E-state index < -0.39 is 6.10 Å². The van der Waals surface area contributed by atoms with Gasteiger partial charge < -0.3 is 25.8 Å². The van der Waals surface area contributed by atoms with Crippen molar-refractivity contribution in [2.45, 2.75) is 12.6 Å². The van der Waals surface area contributed by atoms with Crippen molar-refractivity contribution in [2.75, 3.05) is 25.4 Å². The van der Waals surface area contributed by atoms with Gasteiger partial charge in [0, 0.05) is 6.20 Å². The molecule has 2 aromatic rings. The molecule has 19 heavy (non-hydrogen) atoms. The zero-order valence-electron chi connectivity index (χ0n) is 10.5. The lowest BCUT2D eigenvalue weighted by atomic mass is 10.1. The standard InChI is InChI=1S/C12H17N5O2/c13-12-11-10(15-6-16-12)7(1-14-11)2-17-3-8(5-18)9(19)4-17/h1,6,8-9,14,18-19H,2-5H2,(H2,13,15,16)/p+1/t8-,9+/m1/s1. The van der Waals surface area contributed by atoms with Crippen LogP contribution in [0.5, 0.6) is 0 Å². The third kappa shape index (κ3) is 2.16. The largest absolute Gasteiger partial charge is 0.396 e. The van der Waals surface area contributed by atoms with Gasteiger partial charge in [0.05, 0.1) is 24.6 Å². The molecule has 0 radical (unpaired) electrons. The Balaban J connectivity index is 1.81. The first-order valence-corrected chi connectivity index (χ1v) is 6.38. The van der Waals surface area contributed by atoms with E-state index in [4.69, 9.17) is 5.73 Å². The molecule has 6 N–H and O–H groups in total. The van der Waals surface area contributed by atoms with Gasteiger partial charge in [0.25, 0.3) is 0 Å². The minimum atomic E-state index is -0.426. The van der Waals surface area contributed by atoms with E-state index in [2.05, 4.69) is 15.0 Å². The minimum absolute atomic E-state index is 0.0279. The van der Waals surface area contributed by atoms with Crippen molar-refractivity contribution in [3.05, 3.63) is 18.1 Å². The van der Waals surface area contributed by atoms with Crippen LogP contribution in [0.4, 0.5) is 5.82 Å². The molecular weight excluding hydrogens is 246 g/mol. The average Bonchev–Trinajstić information content (AvgIpc) is 2.95. The number of aliphatic hydroxyl groups excluding tert-OH is 2. The van der Waals surface area contributed by atoms with Gasteiger partial charge in [-0.2, -0.15) is 0 Å². The van der Waals surface area contributed by atoms with Gasteiger partial charge in [-0.3, -0.25) is 0 Å². The molecule has 0 aliphatic carbocycles. The van der Waals surface area contributed by atoms with Crippen molar-refractivity contribution in [1.82, 2.24) is 15.0 Å². The second kappa shape index (κ2) is 4.76. The number of nitrogens with zero attached hydrogens (tertiary/aromatic N) is 2. The second-order valence-corrected chi connectivity index (χ2v) is 5.14. The normalized spacial score (nSPS) is 27.2. The number of fused-ring (bicyclic) bond motifs is 1. The summed E-state index contributed by atoms with van der Waals surface area (Å²) in [5.41, 5.74) is 8.44. The highest BCUT2D eigenvalue weighted by molar-refractivity contribution is 5.86. The molecule has 3 atom stereocenters. The Kier molecular flexibility index (Phi) is 3.09. The third-order valence-electron chi connectivity index (χ3n) is 3.84. The summed E-state index contributed by atoms with van der Waals surface area (Å²) in [5.74, 6) is 0.417. The maximum absolute atomic E-state index is 9.81. The Morgan fingerprint density at radius 2 is 2.26 bits per heavy atom. The van der Waals surface area contributed by atoms with Crippen LogP contribution < -0.4 is 10.6 Å². The number of aromatic amines is 1. The second-order valence-electron chi connectivity index (χ2n) is 5.14. The van der Waals surface area contributed by atoms with Crippen molar-refractivity contribution < 1.29 is 15.1 Å². The van der Waals surface area contributed by atoms with E-state index in [-0.39, 0.29) is 12.5 Å². The zero-order valence-corrected chi connectivity index (χ0v) is 10.5. The Hall–Kier alpha value is -1.70. The summed E-state index contributed by atoms with van der Waals surface area (Å²) in [7, 11) is 0. The molecule has 1 fully saturated rings. The predicted molar refractivity (Wildman–Crippen MR) is 69.3 cm³/mol. The van der Waals surface area contributed by atoms with E-state index >= 15 is 0 Å². The van der Waals surface area contributed by atoms with E-state index in [1.54, 1.807) is 0 Å². The number of H-pyrrole nitrogens is 1. The molecule has 1 unspecified atom stereocenters. The fourth-order valence-electron chi connectivity index (χ4n) is 2.80. The number of quaternary nitrogens is 1. The summed E-state index contributed by atoms with van der Waals surface area (Å²) in [5, 5.41) is 19.0. The summed E-state index contributed by atoms with van der Waals surface area (Å²) >= 11 is 0.